The zero-order valence-corrected chi connectivity index (χ0v) is 13.2. The van der Waals surface area contributed by atoms with Gasteiger partial charge in [-0.15, -0.1) is 0 Å². The molecule has 0 heterocycles. The fraction of sp³-hybridized carbons (Fsp3) is 0.143. The number of hydrogen-bond donors (Lipinski definition) is 1. The Balaban J connectivity index is 2.38. The molecule has 7 heteroatoms. The van der Waals surface area contributed by atoms with Gasteiger partial charge in [0.2, 0.25) is 0 Å². The molecule has 21 heavy (non-hydrogen) atoms. The molecule has 0 amide bonds. The Kier molecular flexibility index (Phi) is 5.13. The SMILES string of the molecule is CNCc1cc(F)c(Oc2cc(F)c(Cl)cc2Br)c(F)c1. The van der Waals surface area contributed by atoms with E-state index in [2.05, 4.69) is 21.2 Å². The lowest BCUT2D eigenvalue weighted by molar-refractivity contribution is 0.402. The van der Waals surface area contributed by atoms with Crippen molar-refractivity contribution in [2.45, 2.75) is 6.54 Å². The summed E-state index contributed by atoms with van der Waals surface area (Å²) in [5.41, 5.74) is 0.432. The van der Waals surface area contributed by atoms with E-state index in [9.17, 15) is 13.2 Å². The highest BCUT2D eigenvalue weighted by molar-refractivity contribution is 9.10. The molecule has 0 saturated carbocycles. The van der Waals surface area contributed by atoms with E-state index in [1.165, 1.54) is 6.07 Å². The van der Waals surface area contributed by atoms with Crippen molar-refractivity contribution in [3.63, 3.8) is 0 Å². The molecule has 0 aliphatic rings. The Hall–Kier alpha value is -1.24. The van der Waals surface area contributed by atoms with Gasteiger partial charge in [0.25, 0.3) is 0 Å². The fourth-order valence-corrected chi connectivity index (χ4v) is 2.43. The molecule has 0 saturated heterocycles. The van der Waals surface area contributed by atoms with Crippen molar-refractivity contribution in [3.05, 3.63) is 56.8 Å². The van der Waals surface area contributed by atoms with Crippen LogP contribution in [0.15, 0.2) is 28.7 Å². The number of ether oxygens (including phenoxy) is 1. The summed E-state index contributed by atoms with van der Waals surface area (Å²) in [6.07, 6.45) is 0. The predicted molar refractivity (Wildman–Crippen MR) is 78.3 cm³/mol. The fourth-order valence-electron chi connectivity index (χ4n) is 1.71. The maximum atomic E-state index is 13.9. The minimum atomic E-state index is -0.873. The highest BCUT2D eigenvalue weighted by Gasteiger charge is 2.16. The Labute approximate surface area is 133 Å². The van der Waals surface area contributed by atoms with Gasteiger partial charge < -0.3 is 10.1 Å². The lowest BCUT2D eigenvalue weighted by atomic mass is 10.2. The standard InChI is InChI=1S/C14H10BrClF3NO/c1-20-6-7-2-11(18)14(12(19)3-7)21-13-5-10(17)9(16)4-8(13)15/h2-5,20H,6H2,1H3. The van der Waals surface area contributed by atoms with Crippen LogP contribution in [-0.2, 0) is 6.54 Å². The lowest BCUT2D eigenvalue weighted by Gasteiger charge is -2.11. The van der Waals surface area contributed by atoms with Gasteiger partial charge in [0, 0.05) is 12.6 Å². The van der Waals surface area contributed by atoms with E-state index in [1.807, 2.05) is 0 Å². The molecule has 1 N–H and O–H groups in total. The van der Waals surface area contributed by atoms with Crippen LogP contribution in [0.2, 0.25) is 5.02 Å². The average Bonchev–Trinajstić information content (AvgIpc) is 2.40. The summed E-state index contributed by atoms with van der Waals surface area (Å²) >= 11 is 8.69. The van der Waals surface area contributed by atoms with Crippen molar-refractivity contribution >= 4 is 27.5 Å². The summed E-state index contributed by atoms with van der Waals surface area (Å²) in [4.78, 5) is 0. The molecule has 112 valence electrons. The topological polar surface area (TPSA) is 21.3 Å². The van der Waals surface area contributed by atoms with E-state index in [4.69, 9.17) is 16.3 Å². The highest BCUT2D eigenvalue weighted by Crippen LogP contribution is 2.36. The maximum Gasteiger partial charge on any atom is 0.198 e. The van der Waals surface area contributed by atoms with Crippen molar-refractivity contribution in [1.29, 1.82) is 0 Å². The van der Waals surface area contributed by atoms with Crippen LogP contribution in [-0.4, -0.2) is 7.05 Å². The Bertz CT molecular complexity index is 659. The summed E-state index contributed by atoms with van der Waals surface area (Å²) in [5.74, 6) is -3.17. The number of halogens is 5. The van der Waals surface area contributed by atoms with Gasteiger partial charge in [-0.25, -0.2) is 13.2 Å². The predicted octanol–water partition coefficient (Wildman–Crippen LogP) is 5.03. The minimum absolute atomic E-state index is 0.0731. The summed E-state index contributed by atoms with van der Waals surface area (Å²) in [6.45, 7) is 0.313. The van der Waals surface area contributed by atoms with E-state index >= 15 is 0 Å². The van der Waals surface area contributed by atoms with Gasteiger partial charge in [0.15, 0.2) is 17.4 Å². The van der Waals surface area contributed by atoms with Gasteiger partial charge in [-0.1, -0.05) is 11.6 Å². The monoisotopic (exact) mass is 379 g/mol. The van der Waals surface area contributed by atoms with E-state index < -0.39 is 23.2 Å². The van der Waals surface area contributed by atoms with Crippen LogP contribution in [0.25, 0.3) is 0 Å². The average molecular weight is 381 g/mol. The normalized spacial score (nSPS) is 10.8. The van der Waals surface area contributed by atoms with E-state index in [0.29, 0.717) is 12.1 Å². The molecular formula is C14H10BrClF3NO. The Morgan fingerprint density at radius 1 is 1.10 bits per heavy atom. The third kappa shape index (κ3) is 3.70. The molecule has 0 bridgehead atoms. The first-order valence-electron chi connectivity index (χ1n) is 5.87. The zero-order chi connectivity index (χ0) is 15.6. The molecular weight excluding hydrogens is 371 g/mol. The van der Waals surface area contributed by atoms with Crippen LogP contribution < -0.4 is 10.1 Å². The first kappa shape index (κ1) is 16.1. The zero-order valence-electron chi connectivity index (χ0n) is 10.8. The minimum Gasteiger partial charge on any atom is -0.450 e. The van der Waals surface area contributed by atoms with Crippen LogP contribution in [0.5, 0.6) is 11.5 Å². The second kappa shape index (κ2) is 6.68. The Morgan fingerprint density at radius 3 is 2.29 bits per heavy atom. The molecule has 2 nitrogen and oxygen atoms in total. The number of benzene rings is 2. The van der Waals surface area contributed by atoms with Gasteiger partial charge in [0.05, 0.1) is 9.50 Å². The largest absolute Gasteiger partial charge is 0.450 e. The third-order valence-electron chi connectivity index (χ3n) is 2.63. The Morgan fingerprint density at radius 2 is 1.71 bits per heavy atom. The van der Waals surface area contributed by atoms with Crippen LogP contribution in [0.1, 0.15) is 5.56 Å². The molecule has 2 aromatic rings. The van der Waals surface area contributed by atoms with Gasteiger partial charge in [-0.05, 0) is 46.7 Å². The quantitative estimate of drug-likeness (QED) is 0.751. The smallest absolute Gasteiger partial charge is 0.198 e. The van der Waals surface area contributed by atoms with Crippen molar-refractivity contribution in [1.82, 2.24) is 5.32 Å². The van der Waals surface area contributed by atoms with Crippen LogP contribution in [0.4, 0.5) is 13.2 Å². The van der Waals surface area contributed by atoms with Gasteiger partial charge >= 0.3 is 0 Å². The van der Waals surface area contributed by atoms with Gasteiger partial charge in [0.1, 0.15) is 11.6 Å². The third-order valence-corrected chi connectivity index (χ3v) is 3.54. The highest BCUT2D eigenvalue weighted by atomic mass is 79.9. The molecule has 0 radical (unpaired) electrons. The number of rotatable bonds is 4. The first-order valence-corrected chi connectivity index (χ1v) is 7.04. The molecule has 0 aliphatic heterocycles. The van der Waals surface area contributed by atoms with E-state index in [-0.39, 0.29) is 15.2 Å². The molecule has 0 unspecified atom stereocenters. The second-order valence-corrected chi connectivity index (χ2v) is 5.48. The van der Waals surface area contributed by atoms with E-state index in [0.717, 1.165) is 18.2 Å². The van der Waals surface area contributed by atoms with Gasteiger partial charge in [-0.2, -0.15) is 0 Å². The molecule has 0 atom stereocenters. The molecule has 2 aromatic carbocycles. The summed E-state index contributed by atoms with van der Waals surface area (Å²) in [7, 11) is 1.66. The number of nitrogens with one attached hydrogen (secondary N) is 1. The van der Waals surface area contributed by atoms with Crippen molar-refractivity contribution < 1.29 is 17.9 Å². The lowest BCUT2D eigenvalue weighted by Crippen LogP contribution is -2.06. The van der Waals surface area contributed by atoms with Crippen LogP contribution in [0, 0.1) is 17.5 Å². The molecule has 0 aromatic heterocycles. The number of hydrogen-bond acceptors (Lipinski definition) is 2. The van der Waals surface area contributed by atoms with Gasteiger partial charge in [-0.3, -0.25) is 0 Å². The molecule has 0 fully saturated rings. The first-order chi connectivity index (χ1) is 9.92. The summed E-state index contributed by atoms with van der Waals surface area (Å²) in [6, 6.07) is 4.49. The van der Waals surface area contributed by atoms with Crippen molar-refractivity contribution in [2.24, 2.45) is 0 Å². The van der Waals surface area contributed by atoms with Crippen LogP contribution in [0.3, 0.4) is 0 Å². The van der Waals surface area contributed by atoms with Crippen LogP contribution >= 0.6 is 27.5 Å². The van der Waals surface area contributed by atoms with E-state index in [1.54, 1.807) is 7.05 Å². The second-order valence-electron chi connectivity index (χ2n) is 4.22. The molecule has 0 aliphatic carbocycles. The van der Waals surface area contributed by atoms with Crippen molar-refractivity contribution in [3.8, 4) is 11.5 Å². The van der Waals surface area contributed by atoms with Crippen molar-refractivity contribution in [2.75, 3.05) is 7.05 Å². The summed E-state index contributed by atoms with van der Waals surface area (Å²) in [5, 5.41) is 2.66. The maximum absolute atomic E-state index is 13.9. The summed E-state index contributed by atoms with van der Waals surface area (Å²) < 4.78 is 46.6. The molecule has 2 rings (SSSR count). The molecule has 0 spiro atoms.